The van der Waals surface area contributed by atoms with Crippen LogP contribution >= 0.6 is 11.8 Å². The first-order chi connectivity index (χ1) is 9.56. The van der Waals surface area contributed by atoms with Crippen molar-refractivity contribution in [2.75, 3.05) is 11.6 Å². The predicted octanol–water partition coefficient (Wildman–Crippen LogP) is 2.98. The molecule has 0 saturated heterocycles. The van der Waals surface area contributed by atoms with E-state index in [1.165, 1.54) is 12.8 Å². The molecule has 7 heteroatoms. The highest BCUT2D eigenvalue weighted by molar-refractivity contribution is 7.99. The van der Waals surface area contributed by atoms with Gasteiger partial charge < -0.3 is 5.32 Å². The van der Waals surface area contributed by atoms with Gasteiger partial charge in [0.15, 0.2) is 0 Å². The number of nitro groups is 1. The Labute approximate surface area is 123 Å². The molecule has 0 radical (unpaired) electrons. The van der Waals surface area contributed by atoms with Crippen LogP contribution < -0.4 is 5.32 Å². The third-order valence-corrected chi connectivity index (χ3v) is 5.00. The standard InChI is InChI=1S/C13H22N4O2S/c1-4-11-12(17(18)19)13(16(2)15-11)14-9-6-5-7-10(8-9)20-3/h9-10,14H,4-8H2,1-3H3. The fraction of sp³-hybridized carbons (Fsp3) is 0.769. The van der Waals surface area contributed by atoms with Crippen molar-refractivity contribution < 1.29 is 4.92 Å². The number of hydrogen-bond donors (Lipinski definition) is 1. The van der Waals surface area contributed by atoms with Crippen LogP contribution in [-0.2, 0) is 13.5 Å². The minimum absolute atomic E-state index is 0.140. The van der Waals surface area contributed by atoms with Crippen molar-refractivity contribution in [3.63, 3.8) is 0 Å². The average molecular weight is 298 g/mol. The SMILES string of the molecule is CCc1nn(C)c(NC2CCCC(SC)C2)c1[N+](=O)[O-]. The van der Waals surface area contributed by atoms with Crippen LogP contribution in [0.25, 0.3) is 0 Å². The lowest BCUT2D eigenvalue weighted by molar-refractivity contribution is -0.384. The molecular weight excluding hydrogens is 276 g/mol. The minimum atomic E-state index is -0.316. The minimum Gasteiger partial charge on any atom is -0.362 e. The van der Waals surface area contributed by atoms with E-state index in [-0.39, 0.29) is 10.6 Å². The van der Waals surface area contributed by atoms with Crippen LogP contribution in [0.15, 0.2) is 0 Å². The van der Waals surface area contributed by atoms with E-state index >= 15 is 0 Å². The average Bonchev–Trinajstić information content (AvgIpc) is 2.75. The van der Waals surface area contributed by atoms with Gasteiger partial charge in [-0.2, -0.15) is 16.9 Å². The molecule has 6 nitrogen and oxygen atoms in total. The van der Waals surface area contributed by atoms with Crippen LogP contribution in [0, 0.1) is 10.1 Å². The Bertz CT molecular complexity index is 489. The first kappa shape index (κ1) is 15.2. The van der Waals surface area contributed by atoms with Gasteiger partial charge in [0.1, 0.15) is 5.69 Å². The Morgan fingerprint density at radius 2 is 2.30 bits per heavy atom. The highest BCUT2D eigenvalue weighted by Crippen LogP contribution is 2.33. The first-order valence-electron chi connectivity index (χ1n) is 7.06. The van der Waals surface area contributed by atoms with Gasteiger partial charge >= 0.3 is 5.69 Å². The molecule has 0 aromatic carbocycles. The van der Waals surface area contributed by atoms with Gasteiger partial charge in [-0.05, 0) is 31.9 Å². The van der Waals surface area contributed by atoms with Crippen LogP contribution in [0.1, 0.15) is 38.3 Å². The number of nitrogens with zero attached hydrogens (tertiary/aromatic N) is 3. The van der Waals surface area contributed by atoms with Crippen LogP contribution in [0.2, 0.25) is 0 Å². The van der Waals surface area contributed by atoms with Crippen molar-refractivity contribution in [3.8, 4) is 0 Å². The smallest absolute Gasteiger partial charge is 0.333 e. The van der Waals surface area contributed by atoms with Crippen molar-refractivity contribution in [1.82, 2.24) is 9.78 Å². The quantitative estimate of drug-likeness (QED) is 0.668. The summed E-state index contributed by atoms with van der Waals surface area (Å²) in [6, 6.07) is 0.306. The van der Waals surface area contributed by atoms with E-state index in [4.69, 9.17) is 0 Å². The Kier molecular flexibility index (Phi) is 4.91. The second-order valence-electron chi connectivity index (χ2n) is 5.24. The van der Waals surface area contributed by atoms with E-state index < -0.39 is 0 Å². The molecule has 1 saturated carbocycles. The number of rotatable bonds is 5. The van der Waals surface area contributed by atoms with Crippen molar-refractivity contribution >= 4 is 23.3 Å². The molecule has 1 N–H and O–H groups in total. The molecule has 112 valence electrons. The zero-order valence-corrected chi connectivity index (χ0v) is 13.1. The molecule has 1 heterocycles. The van der Waals surface area contributed by atoms with Crippen LogP contribution in [0.5, 0.6) is 0 Å². The van der Waals surface area contributed by atoms with Crippen LogP contribution in [0.4, 0.5) is 11.5 Å². The summed E-state index contributed by atoms with van der Waals surface area (Å²) < 4.78 is 1.61. The van der Waals surface area contributed by atoms with Gasteiger partial charge in [0.25, 0.3) is 0 Å². The number of aryl methyl sites for hydroxylation is 2. The molecule has 1 aliphatic carbocycles. The molecule has 1 aliphatic rings. The van der Waals surface area contributed by atoms with Gasteiger partial charge in [0.05, 0.1) is 4.92 Å². The van der Waals surface area contributed by atoms with Gasteiger partial charge in [0.2, 0.25) is 5.82 Å². The second-order valence-corrected chi connectivity index (χ2v) is 6.38. The lowest BCUT2D eigenvalue weighted by Crippen LogP contribution is -2.29. The fourth-order valence-electron chi connectivity index (χ4n) is 2.84. The number of anilines is 1. The summed E-state index contributed by atoms with van der Waals surface area (Å²) >= 11 is 1.89. The van der Waals surface area contributed by atoms with Gasteiger partial charge in [-0.15, -0.1) is 0 Å². The first-order valence-corrected chi connectivity index (χ1v) is 8.35. The summed E-state index contributed by atoms with van der Waals surface area (Å²) in [4.78, 5) is 11.0. The maximum absolute atomic E-state index is 11.3. The number of nitrogens with one attached hydrogen (secondary N) is 1. The summed E-state index contributed by atoms with van der Waals surface area (Å²) in [6.07, 6.45) is 7.26. The van der Waals surface area contributed by atoms with Gasteiger partial charge in [-0.1, -0.05) is 13.3 Å². The van der Waals surface area contributed by atoms with E-state index in [2.05, 4.69) is 16.7 Å². The largest absolute Gasteiger partial charge is 0.362 e. The molecule has 0 aliphatic heterocycles. The van der Waals surface area contributed by atoms with Crippen LogP contribution in [0.3, 0.4) is 0 Å². The molecule has 2 atom stereocenters. The number of aromatic nitrogens is 2. The topological polar surface area (TPSA) is 73.0 Å². The normalized spacial score (nSPS) is 22.8. The fourth-order valence-corrected chi connectivity index (χ4v) is 3.67. The zero-order valence-electron chi connectivity index (χ0n) is 12.3. The Balaban J connectivity index is 2.20. The Hall–Kier alpha value is -1.24. The molecule has 0 spiro atoms. The molecule has 0 amide bonds. The van der Waals surface area contributed by atoms with E-state index in [0.717, 1.165) is 12.8 Å². The van der Waals surface area contributed by atoms with Crippen molar-refractivity contribution in [2.45, 2.75) is 50.3 Å². The monoisotopic (exact) mass is 298 g/mol. The maximum Gasteiger partial charge on any atom is 0.333 e. The molecule has 2 unspecified atom stereocenters. The van der Waals surface area contributed by atoms with Gasteiger partial charge in [0, 0.05) is 18.3 Å². The summed E-state index contributed by atoms with van der Waals surface area (Å²) in [6.45, 7) is 1.89. The van der Waals surface area contributed by atoms with Crippen molar-refractivity contribution in [2.24, 2.45) is 7.05 Å². The van der Waals surface area contributed by atoms with Crippen molar-refractivity contribution in [3.05, 3.63) is 15.8 Å². The van der Waals surface area contributed by atoms with E-state index in [1.54, 1.807) is 11.7 Å². The molecule has 20 heavy (non-hydrogen) atoms. The van der Waals surface area contributed by atoms with E-state index in [0.29, 0.717) is 29.2 Å². The van der Waals surface area contributed by atoms with Crippen LogP contribution in [-0.4, -0.2) is 32.3 Å². The molecule has 1 fully saturated rings. The summed E-state index contributed by atoms with van der Waals surface area (Å²) in [5, 5.41) is 19.6. The lowest BCUT2D eigenvalue weighted by atomic mass is 9.95. The molecule has 0 bridgehead atoms. The van der Waals surface area contributed by atoms with Gasteiger partial charge in [-0.3, -0.25) is 10.1 Å². The third-order valence-electron chi connectivity index (χ3n) is 3.91. The summed E-state index contributed by atoms with van der Waals surface area (Å²) in [5.74, 6) is 0.554. The predicted molar refractivity (Wildman–Crippen MR) is 82.4 cm³/mol. The highest BCUT2D eigenvalue weighted by Gasteiger charge is 2.29. The van der Waals surface area contributed by atoms with E-state index in [9.17, 15) is 10.1 Å². The molecule has 1 aromatic heterocycles. The second kappa shape index (κ2) is 6.47. The Morgan fingerprint density at radius 3 is 2.90 bits per heavy atom. The molecule has 1 aromatic rings. The number of hydrogen-bond acceptors (Lipinski definition) is 5. The Morgan fingerprint density at radius 1 is 1.55 bits per heavy atom. The highest BCUT2D eigenvalue weighted by atomic mass is 32.2. The zero-order chi connectivity index (χ0) is 14.7. The summed E-state index contributed by atoms with van der Waals surface area (Å²) in [7, 11) is 1.77. The van der Waals surface area contributed by atoms with Gasteiger partial charge in [-0.25, -0.2) is 4.68 Å². The molecule has 2 rings (SSSR count). The summed E-state index contributed by atoms with van der Waals surface area (Å²) in [5.41, 5.74) is 0.693. The molecular formula is C13H22N4O2S. The maximum atomic E-state index is 11.3. The lowest BCUT2D eigenvalue weighted by Gasteiger charge is -2.29. The van der Waals surface area contributed by atoms with Crippen molar-refractivity contribution in [1.29, 1.82) is 0 Å². The van der Waals surface area contributed by atoms with E-state index in [1.807, 2.05) is 18.7 Å². The number of thioether (sulfide) groups is 1. The third kappa shape index (κ3) is 3.08.